The van der Waals surface area contributed by atoms with Gasteiger partial charge in [0.15, 0.2) is 11.6 Å². The Bertz CT molecular complexity index is 571. The maximum Gasteiger partial charge on any atom is 0.159 e. The molecular weight excluding hydrogens is 240 g/mol. The molecule has 0 atom stereocenters. The predicted octanol–water partition coefficient (Wildman–Crippen LogP) is 2.04. The molecule has 5 heteroatoms. The standard InChI is InChI=1S/C14H18N4O/c1-10-4-3-5-11(2)14(10)15-8-12-16-17-13-9-19-7-6-18(12)13/h3-5,15H,6-9H2,1-2H3. The first kappa shape index (κ1) is 12.2. The van der Waals surface area contributed by atoms with E-state index in [-0.39, 0.29) is 0 Å². The number of rotatable bonds is 3. The normalized spacial score (nSPS) is 14.2. The molecule has 19 heavy (non-hydrogen) atoms. The number of hydrogen-bond acceptors (Lipinski definition) is 4. The van der Waals surface area contributed by atoms with Crippen molar-refractivity contribution in [3.05, 3.63) is 41.0 Å². The molecule has 0 saturated heterocycles. The lowest BCUT2D eigenvalue weighted by Crippen LogP contribution is -2.20. The fourth-order valence-corrected chi connectivity index (χ4v) is 2.45. The Morgan fingerprint density at radius 2 is 2.05 bits per heavy atom. The summed E-state index contributed by atoms with van der Waals surface area (Å²) >= 11 is 0. The van der Waals surface area contributed by atoms with Crippen molar-refractivity contribution >= 4 is 5.69 Å². The Labute approximate surface area is 112 Å². The van der Waals surface area contributed by atoms with Gasteiger partial charge in [-0.1, -0.05) is 18.2 Å². The number of aryl methyl sites for hydroxylation is 2. The number of ether oxygens (including phenoxy) is 1. The van der Waals surface area contributed by atoms with Gasteiger partial charge in [0.2, 0.25) is 0 Å². The number of aromatic nitrogens is 3. The van der Waals surface area contributed by atoms with Crippen LogP contribution in [0.15, 0.2) is 18.2 Å². The van der Waals surface area contributed by atoms with Crippen LogP contribution in [0.3, 0.4) is 0 Å². The van der Waals surface area contributed by atoms with E-state index in [1.54, 1.807) is 0 Å². The molecule has 2 heterocycles. The fourth-order valence-electron chi connectivity index (χ4n) is 2.45. The van der Waals surface area contributed by atoms with Gasteiger partial charge in [0, 0.05) is 12.2 Å². The van der Waals surface area contributed by atoms with Gasteiger partial charge in [0.05, 0.1) is 13.2 Å². The molecular formula is C14H18N4O. The highest BCUT2D eigenvalue weighted by atomic mass is 16.5. The van der Waals surface area contributed by atoms with Gasteiger partial charge in [-0.15, -0.1) is 10.2 Å². The molecule has 100 valence electrons. The van der Waals surface area contributed by atoms with Gasteiger partial charge in [-0.05, 0) is 25.0 Å². The third-order valence-corrected chi connectivity index (χ3v) is 3.50. The van der Waals surface area contributed by atoms with E-state index >= 15 is 0 Å². The quantitative estimate of drug-likeness (QED) is 0.915. The highest BCUT2D eigenvalue weighted by Crippen LogP contribution is 2.20. The number of nitrogens with zero attached hydrogens (tertiary/aromatic N) is 3. The van der Waals surface area contributed by atoms with E-state index in [0.29, 0.717) is 13.2 Å². The second-order valence-electron chi connectivity index (χ2n) is 4.86. The number of hydrogen-bond donors (Lipinski definition) is 1. The molecule has 1 aliphatic heterocycles. The Morgan fingerprint density at radius 3 is 2.84 bits per heavy atom. The number of anilines is 1. The molecule has 0 amide bonds. The lowest BCUT2D eigenvalue weighted by Gasteiger charge is -2.17. The van der Waals surface area contributed by atoms with E-state index in [1.165, 1.54) is 16.8 Å². The Kier molecular flexibility index (Phi) is 3.21. The molecule has 0 saturated carbocycles. The second kappa shape index (κ2) is 5.01. The van der Waals surface area contributed by atoms with Gasteiger partial charge in [-0.2, -0.15) is 0 Å². The largest absolute Gasteiger partial charge is 0.377 e. The Morgan fingerprint density at radius 1 is 1.26 bits per heavy atom. The van der Waals surface area contributed by atoms with Crippen LogP contribution < -0.4 is 5.32 Å². The summed E-state index contributed by atoms with van der Waals surface area (Å²) in [5.41, 5.74) is 3.69. The molecule has 3 rings (SSSR count). The molecule has 1 N–H and O–H groups in total. The molecule has 0 fully saturated rings. The lowest BCUT2D eigenvalue weighted by molar-refractivity contribution is 0.0807. The summed E-state index contributed by atoms with van der Waals surface area (Å²) in [5, 5.41) is 11.9. The second-order valence-corrected chi connectivity index (χ2v) is 4.86. The summed E-state index contributed by atoms with van der Waals surface area (Å²) in [4.78, 5) is 0. The average molecular weight is 258 g/mol. The first-order valence-electron chi connectivity index (χ1n) is 6.54. The maximum absolute atomic E-state index is 5.37. The summed E-state index contributed by atoms with van der Waals surface area (Å²) in [7, 11) is 0. The molecule has 0 bridgehead atoms. The van der Waals surface area contributed by atoms with Crippen molar-refractivity contribution in [2.24, 2.45) is 0 Å². The van der Waals surface area contributed by atoms with Crippen LogP contribution in [0.25, 0.3) is 0 Å². The van der Waals surface area contributed by atoms with Crippen LogP contribution in [0.2, 0.25) is 0 Å². The van der Waals surface area contributed by atoms with Crippen LogP contribution in [-0.4, -0.2) is 21.4 Å². The van der Waals surface area contributed by atoms with Crippen molar-refractivity contribution in [3.63, 3.8) is 0 Å². The van der Waals surface area contributed by atoms with Crippen LogP contribution >= 0.6 is 0 Å². The smallest absolute Gasteiger partial charge is 0.159 e. The average Bonchev–Trinajstić information content (AvgIpc) is 2.82. The number of fused-ring (bicyclic) bond motifs is 1. The predicted molar refractivity (Wildman–Crippen MR) is 72.9 cm³/mol. The first-order chi connectivity index (χ1) is 9.25. The number of benzene rings is 1. The molecule has 1 aromatic heterocycles. The summed E-state index contributed by atoms with van der Waals surface area (Å²) in [6.45, 7) is 7.06. The minimum Gasteiger partial charge on any atom is -0.377 e. The molecule has 5 nitrogen and oxygen atoms in total. The zero-order valence-electron chi connectivity index (χ0n) is 11.3. The molecule has 0 unspecified atom stereocenters. The van der Waals surface area contributed by atoms with Crippen LogP contribution in [0.1, 0.15) is 22.8 Å². The van der Waals surface area contributed by atoms with E-state index in [1.807, 2.05) is 0 Å². The van der Waals surface area contributed by atoms with Gasteiger partial charge < -0.3 is 14.6 Å². The van der Waals surface area contributed by atoms with Gasteiger partial charge in [0.25, 0.3) is 0 Å². The molecule has 0 spiro atoms. The van der Waals surface area contributed by atoms with Crippen LogP contribution in [0, 0.1) is 13.8 Å². The number of nitrogens with one attached hydrogen (secondary N) is 1. The van der Waals surface area contributed by atoms with E-state index in [0.717, 1.165) is 24.8 Å². The van der Waals surface area contributed by atoms with Crippen molar-refractivity contribution in [1.82, 2.24) is 14.8 Å². The van der Waals surface area contributed by atoms with Gasteiger partial charge in [-0.3, -0.25) is 0 Å². The zero-order chi connectivity index (χ0) is 13.2. The van der Waals surface area contributed by atoms with Crippen LogP contribution in [0.5, 0.6) is 0 Å². The van der Waals surface area contributed by atoms with Gasteiger partial charge in [-0.25, -0.2) is 0 Å². The number of para-hydroxylation sites is 1. The Hall–Kier alpha value is -1.88. The topological polar surface area (TPSA) is 52.0 Å². The van der Waals surface area contributed by atoms with Crippen LogP contribution in [-0.2, 0) is 24.4 Å². The fraction of sp³-hybridized carbons (Fsp3) is 0.429. The highest BCUT2D eigenvalue weighted by molar-refractivity contribution is 5.56. The maximum atomic E-state index is 5.37. The van der Waals surface area contributed by atoms with E-state index in [9.17, 15) is 0 Å². The van der Waals surface area contributed by atoms with Crippen molar-refractivity contribution in [2.75, 3.05) is 11.9 Å². The van der Waals surface area contributed by atoms with Crippen molar-refractivity contribution in [1.29, 1.82) is 0 Å². The third-order valence-electron chi connectivity index (χ3n) is 3.50. The lowest BCUT2D eigenvalue weighted by atomic mass is 10.1. The molecule has 2 aromatic rings. The van der Waals surface area contributed by atoms with Crippen molar-refractivity contribution in [3.8, 4) is 0 Å². The van der Waals surface area contributed by atoms with Gasteiger partial charge >= 0.3 is 0 Å². The molecule has 0 aliphatic carbocycles. The van der Waals surface area contributed by atoms with Gasteiger partial charge in [0.1, 0.15) is 6.61 Å². The van der Waals surface area contributed by atoms with Crippen molar-refractivity contribution < 1.29 is 4.74 Å². The minimum absolute atomic E-state index is 0.566. The zero-order valence-corrected chi connectivity index (χ0v) is 11.3. The van der Waals surface area contributed by atoms with Crippen molar-refractivity contribution in [2.45, 2.75) is 33.5 Å². The van der Waals surface area contributed by atoms with E-state index < -0.39 is 0 Å². The SMILES string of the molecule is Cc1cccc(C)c1NCc1nnc2n1CCOC2. The Balaban J connectivity index is 1.78. The molecule has 1 aliphatic rings. The van der Waals surface area contributed by atoms with E-state index in [4.69, 9.17) is 4.74 Å². The monoisotopic (exact) mass is 258 g/mol. The highest BCUT2D eigenvalue weighted by Gasteiger charge is 2.15. The summed E-state index contributed by atoms with van der Waals surface area (Å²) in [6, 6.07) is 6.30. The first-order valence-corrected chi connectivity index (χ1v) is 6.54. The molecule has 1 aromatic carbocycles. The third kappa shape index (κ3) is 2.33. The van der Waals surface area contributed by atoms with E-state index in [2.05, 4.69) is 52.1 Å². The summed E-state index contributed by atoms with van der Waals surface area (Å²) in [5.74, 6) is 1.89. The molecule has 0 radical (unpaired) electrons. The van der Waals surface area contributed by atoms with Crippen LogP contribution in [0.4, 0.5) is 5.69 Å². The minimum atomic E-state index is 0.566. The summed E-state index contributed by atoms with van der Waals surface area (Å²) < 4.78 is 7.51. The summed E-state index contributed by atoms with van der Waals surface area (Å²) in [6.07, 6.45) is 0.